The van der Waals surface area contributed by atoms with E-state index in [4.69, 9.17) is 0 Å². The zero-order valence-electron chi connectivity index (χ0n) is 15.6. The number of benzene rings is 1. The highest BCUT2D eigenvalue weighted by atomic mass is 32.2. The number of nitrogens with zero attached hydrogens (tertiary/aromatic N) is 2. The number of piperidine rings is 3. The molecule has 0 saturated carbocycles. The van der Waals surface area contributed by atoms with Crippen molar-refractivity contribution in [1.82, 2.24) is 20.2 Å². The molecule has 0 aliphatic carbocycles. The van der Waals surface area contributed by atoms with Crippen LogP contribution in [0.25, 0.3) is 0 Å². The van der Waals surface area contributed by atoms with Crippen molar-refractivity contribution in [3.63, 3.8) is 0 Å². The van der Waals surface area contributed by atoms with Gasteiger partial charge in [0.05, 0.1) is 11.2 Å². The minimum Gasteiger partial charge on any atom is -0.347 e. The second-order valence-electron chi connectivity index (χ2n) is 7.39. The van der Waals surface area contributed by atoms with Crippen LogP contribution in [0, 0.1) is 5.92 Å². The second-order valence-corrected chi connectivity index (χ2v) is 8.51. The number of carbonyl (C=O) groups is 2. The standard InChI is InChI=1S/C20H24N4O2S/c1-12-18(14-7-9-24(12)10-8-14)23-20(26)15-3-5-16(6-4-15)27-17-11-21-19(22-17)13(2)25/h3-6,11-12,14,18H,7-10H2,1-2H3,(H,21,22)(H,23,26)/t12?,18-/m0/s1. The topological polar surface area (TPSA) is 78.1 Å². The van der Waals surface area contributed by atoms with Gasteiger partial charge in [0.25, 0.3) is 5.91 Å². The highest BCUT2D eigenvalue weighted by molar-refractivity contribution is 7.99. The van der Waals surface area contributed by atoms with Crippen LogP contribution in [0.5, 0.6) is 0 Å². The van der Waals surface area contributed by atoms with Gasteiger partial charge in [-0.1, -0.05) is 11.8 Å². The summed E-state index contributed by atoms with van der Waals surface area (Å²) in [7, 11) is 0. The highest BCUT2D eigenvalue weighted by Crippen LogP contribution is 2.32. The van der Waals surface area contributed by atoms with Crippen molar-refractivity contribution in [2.45, 2.75) is 48.7 Å². The molecule has 1 amide bonds. The molecule has 0 spiro atoms. The van der Waals surface area contributed by atoms with Crippen molar-refractivity contribution in [3.8, 4) is 0 Å². The minimum atomic E-state index is -0.0872. The van der Waals surface area contributed by atoms with Crippen molar-refractivity contribution in [1.29, 1.82) is 0 Å². The van der Waals surface area contributed by atoms with E-state index in [1.165, 1.54) is 31.5 Å². The Morgan fingerprint density at radius 1 is 1.22 bits per heavy atom. The number of amides is 1. The number of rotatable bonds is 5. The van der Waals surface area contributed by atoms with Gasteiger partial charge in [0.15, 0.2) is 11.6 Å². The molecule has 6 nitrogen and oxygen atoms in total. The van der Waals surface area contributed by atoms with E-state index in [-0.39, 0.29) is 17.7 Å². The first-order chi connectivity index (χ1) is 13.0. The van der Waals surface area contributed by atoms with E-state index in [1.807, 2.05) is 24.3 Å². The average Bonchev–Trinajstić information content (AvgIpc) is 3.14. The van der Waals surface area contributed by atoms with Crippen LogP contribution >= 0.6 is 11.8 Å². The number of hydrogen-bond acceptors (Lipinski definition) is 5. The number of H-pyrrole nitrogens is 1. The quantitative estimate of drug-likeness (QED) is 0.775. The van der Waals surface area contributed by atoms with Crippen LogP contribution in [-0.2, 0) is 0 Å². The predicted molar refractivity (Wildman–Crippen MR) is 104 cm³/mol. The Kier molecular flexibility index (Phi) is 5.06. The number of hydrogen-bond donors (Lipinski definition) is 2. The molecule has 3 aliphatic rings. The molecule has 2 atom stereocenters. The monoisotopic (exact) mass is 384 g/mol. The smallest absolute Gasteiger partial charge is 0.251 e. The van der Waals surface area contributed by atoms with Crippen molar-refractivity contribution in [3.05, 3.63) is 41.9 Å². The summed E-state index contributed by atoms with van der Waals surface area (Å²) in [5.41, 5.74) is 0.678. The highest BCUT2D eigenvalue weighted by Gasteiger charge is 2.40. The number of imidazole rings is 1. The number of carbonyl (C=O) groups excluding carboxylic acids is 2. The van der Waals surface area contributed by atoms with Crippen LogP contribution in [-0.4, -0.2) is 51.7 Å². The molecule has 4 heterocycles. The fraction of sp³-hybridized carbons (Fsp3) is 0.450. The molecule has 2 bridgehead atoms. The second kappa shape index (κ2) is 7.48. The number of ketones is 1. The molecular weight excluding hydrogens is 360 g/mol. The van der Waals surface area contributed by atoms with Gasteiger partial charge in [-0.3, -0.25) is 14.5 Å². The van der Waals surface area contributed by atoms with Crippen molar-refractivity contribution in [2.24, 2.45) is 5.92 Å². The molecule has 5 rings (SSSR count). The third-order valence-electron chi connectivity index (χ3n) is 5.71. The Hall–Kier alpha value is -2.12. The largest absolute Gasteiger partial charge is 0.347 e. The van der Waals surface area contributed by atoms with Gasteiger partial charge in [-0.05, 0) is 63.0 Å². The molecule has 1 unspecified atom stereocenters. The number of fused-ring (bicyclic) bond motifs is 3. The van der Waals surface area contributed by atoms with Gasteiger partial charge >= 0.3 is 0 Å². The van der Waals surface area contributed by atoms with E-state index < -0.39 is 0 Å². The Bertz CT molecular complexity index is 838. The molecular formula is C20H24N4O2S. The lowest BCUT2D eigenvalue weighted by Crippen LogP contribution is -2.62. The number of nitrogens with one attached hydrogen (secondary N) is 2. The lowest BCUT2D eigenvalue weighted by molar-refractivity contribution is 0.0217. The first-order valence-corrected chi connectivity index (χ1v) is 10.2. The molecule has 7 heteroatoms. The van der Waals surface area contributed by atoms with Crippen molar-refractivity contribution in [2.75, 3.05) is 13.1 Å². The van der Waals surface area contributed by atoms with Gasteiger partial charge < -0.3 is 10.3 Å². The maximum atomic E-state index is 12.7. The molecule has 2 aromatic rings. The van der Waals surface area contributed by atoms with Crippen LogP contribution < -0.4 is 5.32 Å². The van der Waals surface area contributed by atoms with Gasteiger partial charge in [-0.15, -0.1) is 0 Å². The molecule has 3 fully saturated rings. The summed E-state index contributed by atoms with van der Waals surface area (Å²) in [6, 6.07) is 8.20. The lowest BCUT2D eigenvalue weighted by Gasteiger charge is -2.49. The molecule has 142 valence electrons. The van der Waals surface area contributed by atoms with Gasteiger partial charge in [-0.2, -0.15) is 0 Å². The number of aromatic amines is 1. The maximum Gasteiger partial charge on any atom is 0.251 e. The summed E-state index contributed by atoms with van der Waals surface area (Å²) in [5, 5.41) is 4.06. The van der Waals surface area contributed by atoms with Crippen LogP contribution in [0.2, 0.25) is 0 Å². The van der Waals surface area contributed by atoms with Crippen molar-refractivity contribution < 1.29 is 9.59 Å². The summed E-state index contributed by atoms with van der Waals surface area (Å²) in [6.45, 7) is 6.01. The van der Waals surface area contributed by atoms with Crippen LogP contribution in [0.1, 0.15) is 47.7 Å². The summed E-state index contributed by atoms with van der Waals surface area (Å²) >= 11 is 1.48. The lowest BCUT2D eigenvalue weighted by atomic mass is 9.79. The number of aromatic nitrogens is 2. The predicted octanol–water partition coefficient (Wildman–Crippen LogP) is 2.98. The van der Waals surface area contributed by atoms with Crippen LogP contribution in [0.4, 0.5) is 0 Å². The average molecular weight is 385 g/mol. The van der Waals surface area contributed by atoms with Gasteiger partial charge in [0.1, 0.15) is 0 Å². The summed E-state index contributed by atoms with van der Waals surface area (Å²) in [4.78, 5) is 34.5. The molecule has 3 aliphatic heterocycles. The zero-order valence-corrected chi connectivity index (χ0v) is 16.4. The maximum absolute atomic E-state index is 12.7. The molecule has 1 aromatic carbocycles. The van der Waals surface area contributed by atoms with E-state index in [0.29, 0.717) is 23.3 Å². The minimum absolute atomic E-state index is 0.00226. The summed E-state index contributed by atoms with van der Waals surface area (Å²) in [5.74, 6) is 0.869. The molecule has 0 radical (unpaired) electrons. The van der Waals surface area contributed by atoms with Crippen LogP contribution in [0.3, 0.4) is 0 Å². The van der Waals surface area contributed by atoms with E-state index in [0.717, 1.165) is 23.0 Å². The normalized spacial score (nSPS) is 26.7. The molecule has 3 saturated heterocycles. The third kappa shape index (κ3) is 3.80. The fourth-order valence-electron chi connectivity index (χ4n) is 4.12. The van der Waals surface area contributed by atoms with Crippen LogP contribution in [0.15, 0.2) is 40.4 Å². The van der Waals surface area contributed by atoms with Gasteiger partial charge in [0, 0.05) is 29.5 Å². The van der Waals surface area contributed by atoms with Crippen molar-refractivity contribution >= 4 is 23.5 Å². The van der Waals surface area contributed by atoms with E-state index >= 15 is 0 Å². The molecule has 2 N–H and O–H groups in total. The summed E-state index contributed by atoms with van der Waals surface area (Å²) in [6.07, 6.45) is 4.01. The zero-order chi connectivity index (χ0) is 19.0. The first kappa shape index (κ1) is 18.3. The Morgan fingerprint density at radius 2 is 1.93 bits per heavy atom. The first-order valence-electron chi connectivity index (χ1n) is 9.40. The summed E-state index contributed by atoms with van der Waals surface area (Å²) < 4.78 is 0. The fourth-order valence-corrected chi connectivity index (χ4v) is 4.90. The molecule has 1 aromatic heterocycles. The SMILES string of the molecule is CC(=O)c1ncc(Sc2ccc(C(=O)N[C@@H]3C4CCN(CC4)C3C)cc2)[nH]1. The van der Waals surface area contributed by atoms with E-state index in [2.05, 4.69) is 27.1 Å². The Labute approximate surface area is 163 Å². The van der Waals surface area contributed by atoms with E-state index in [9.17, 15) is 9.59 Å². The third-order valence-corrected chi connectivity index (χ3v) is 6.64. The van der Waals surface area contributed by atoms with E-state index in [1.54, 1.807) is 6.20 Å². The molecule has 27 heavy (non-hydrogen) atoms. The Balaban J connectivity index is 1.39. The number of Topliss-reactive ketones (excluding diaryl/α,β-unsaturated/α-hetero) is 1. The Morgan fingerprint density at radius 3 is 2.52 bits per heavy atom. The van der Waals surface area contributed by atoms with Gasteiger partial charge in [-0.25, -0.2) is 4.98 Å². The van der Waals surface area contributed by atoms with Gasteiger partial charge in [0.2, 0.25) is 0 Å².